The molecule has 0 unspecified atom stereocenters. The fourth-order valence-corrected chi connectivity index (χ4v) is 1.92. The van der Waals surface area contributed by atoms with Crippen molar-refractivity contribution < 1.29 is 9.47 Å². The van der Waals surface area contributed by atoms with Crippen molar-refractivity contribution in [3.05, 3.63) is 11.8 Å². The highest BCUT2D eigenvalue weighted by molar-refractivity contribution is 5.24. The minimum Gasteiger partial charge on any atom is -0.468 e. The molecule has 1 aromatic heterocycles. The summed E-state index contributed by atoms with van der Waals surface area (Å²) in [6.07, 6.45) is 7.09. The Morgan fingerprint density at radius 1 is 1.50 bits per heavy atom. The fraction of sp³-hybridized carbons (Fsp3) is 0.750. The third-order valence-corrected chi connectivity index (χ3v) is 3.10. The zero-order chi connectivity index (χ0) is 11.0. The van der Waals surface area contributed by atoms with Crippen molar-refractivity contribution in [3.8, 4) is 5.88 Å². The molecule has 1 aromatic rings. The van der Waals surface area contributed by atoms with Gasteiger partial charge in [0.15, 0.2) is 0 Å². The minimum atomic E-state index is 0.221. The van der Waals surface area contributed by atoms with Gasteiger partial charge in [0, 0.05) is 11.8 Å². The van der Waals surface area contributed by atoms with Crippen LogP contribution in [-0.2, 0) is 11.2 Å². The van der Waals surface area contributed by atoms with Gasteiger partial charge in [-0.05, 0) is 19.3 Å². The van der Waals surface area contributed by atoms with Crippen molar-refractivity contribution in [2.75, 3.05) is 13.2 Å². The summed E-state index contributed by atoms with van der Waals surface area (Å²) in [7, 11) is 0. The van der Waals surface area contributed by atoms with E-state index in [-0.39, 0.29) is 6.10 Å². The lowest BCUT2D eigenvalue weighted by atomic mass is 10.2. The van der Waals surface area contributed by atoms with Gasteiger partial charge in [-0.25, -0.2) is 0 Å². The summed E-state index contributed by atoms with van der Waals surface area (Å²) >= 11 is 0. The Hall–Kier alpha value is -1.03. The van der Waals surface area contributed by atoms with Gasteiger partial charge < -0.3 is 9.47 Å². The molecular weight excluding hydrogens is 204 g/mol. The maximum absolute atomic E-state index is 5.84. The molecule has 0 spiro atoms. The maximum Gasteiger partial charge on any atom is 0.236 e. The molecule has 4 nitrogen and oxygen atoms in total. The summed E-state index contributed by atoms with van der Waals surface area (Å²) in [5.41, 5.74) is 1.25. The molecule has 0 amide bonds. The van der Waals surface area contributed by atoms with E-state index in [0.29, 0.717) is 19.3 Å². The average molecular weight is 222 g/mol. The third kappa shape index (κ3) is 1.94. The molecule has 1 aliphatic carbocycles. The lowest BCUT2D eigenvalue weighted by molar-refractivity contribution is -0.0818. The number of hydrogen-bond acceptors (Lipinski definition) is 3. The highest BCUT2D eigenvalue weighted by atomic mass is 16.6. The topological polar surface area (TPSA) is 36.3 Å². The summed E-state index contributed by atoms with van der Waals surface area (Å²) in [5, 5.41) is 4.55. The van der Waals surface area contributed by atoms with Gasteiger partial charge in [0.2, 0.25) is 5.88 Å². The van der Waals surface area contributed by atoms with E-state index in [0.717, 1.165) is 18.7 Å². The molecule has 88 valence electrons. The van der Waals surface area contributed by atoms with Crippen LogP contribution in [-0.4, -0.2) is 29.1 Å². The van der Waals surface area contributed by atoms with Crippen LogP contribution in [0.1, 0.15) is 37.8 Å². The van der Waals surface area contributed by atoms with Crippen molar-refractivity contribution in [1.82, 2.24) is 9.78 Å². The standard InChI is InChI=1S/C12H18N2O2/c1-2-3-9-6-14(10-4-5-10)13-12(9)16-11-7-15-8-11/h6,10-11H,2-5,7-8H2,1H3. The van der Waals surface area contributed by atoms with Gasteiger partial charge in [-0.1, -0.05) is 13.3 Å². The Labute approximate surface area is 95.5 Å². The van der Waals surface area contributed by atoms with E-state index < -0.39 is 0 Å². The second-order valence-electron chi connectivity index (χ2n) is 4.70. The van der Waals surface area contributed by atoms with Crippen LogP contribution in [0.3, 0.4) is 0 Å². The molecule has 1 aliphatic heterocycles. The van der Waals surface area contributed by atoms with E-state index in [2.05, 4.69) is 22.9 Å². The molecular formula is C12H18N2O2. The summed E-state index contributed by atoms with van der Waals surface area (Å²) < 4.78 is 13.0. The molecule has 1 saturated carbocycles. The van der Waals surface area contributed by atoms with Crippen LogP contribution in [0.15, 0.2) is 6.20 Å². The fourth-order valence-electron chi connectivity index (χ4n) is 1.92. The van der Waals surface area contributed by atoms with Crippen LogP contribution < -0.4 is 4.74 Å². The number of rotatable bonds is 5. The van der Waals surface area contributed by atoms with Gasteiger partial charge in [0.25, 0.3) is 0 Å². The van der Waals surface area contributed by atoms with E-state index >= 15 is 0 Å². The Balaban J connectivity index is 1.75. The SMILES string of the molecule is CCCc1cn(C2CC2)nc1OC1COC1. The number of aryl methyl sites for hydroxylation is 1. The number of hydrogen-bond donors (Lipinski definition) is 0. The first-order valence-corrected chi connectivity index (χ1v) is 6.19. The van der Waals surface area contributed by atoms with E-state index in [1.54, 1.807) is 0 Å². The van der Waals surface area contributed by atoms with Crippen LogP contribution in [0.5, 0.6) is 5.88 Å². The number of nitrogens with zero attached hydrogens (tertiary/aromatic N) is 2. The first-order valence-electron chi connectivity index (χ1n) is 6.19. The van der Waals surface area contributed by atoms with Crippen LogP contribution in [0.4, 0.5) is 0 Å². The van der Waals surface area contributed by atoms with E-state index in [1.165, 1.54) is 18.4 Å². The monoisotopic (exact) mass is 222 g/mol. The summed E-state index contributed by atoms with van der Waals surface area (Å²) in [6.45, 7) is 3.61. The summed E-state index contributed by atoms with van der Waals surface area (Å²) in [4.78, 5) is 0. The molecule has 2 fully saturated rings. The predicted octanol–water partition coefficient (Wildman–Crippen LogP) is 1.95. The summed E-state index contributed by atoms with van der Waals surface area (Å²) in [6, 6.07) is 0.630. The molecule has 1 saturated heterocycles. The minimum absolute atomic E-state index is 0.221. The number of ether oxygens (including phenoxy) is 2. The van der Waals surface area contributed by atoms with Crippen molar-refractivity contribution in [2.45, 2.75) is 44.8 Å². The lowest BCUT2D eigenvalue weighted by Gasteiger charge is -2.25. The molecule has 0 aromatic carbocycles. The molecule has 4 heteroatoms. The zero-order valence-corrected chi connectivity index (χ0v) is 9.69. The molecule has 0 atom stereocenters. The highest BCUT2D eigenvalue weighted by Gasteiger charge is 2.28. The normalized spacial score (nSPS) is 20.8. The van der Waals surface area contributed by atoms with Crippen LogP contribution in [0.2, 0.25) is 0 Å². The van der Waals surface area contributed by atoms with Crippen molar-refractivity contribution in [1.29, 1.82) is 0 Å². The first-order chi connectivity index (χ1) is 7.86. The molecule has 16 heavy (non-hydrogen) atoms. The average Bonchev–Trinajstić information content (AvgIpc) is 2.98. The predicted molar refractivity (Wildman–Crippen MR) is 59.7 cm³/mol. The van der Waals surface area contributed by atoms with Gasteiger partial charge >= 0.3 is 0 Å². The molecule has 2 heterocycles. The number of aromatic nitrogens is 2. The van der Waals surface area contributed by atoms with Crippen molar-refractivity contribution in [2.24, 2.45) is 0 Å². The first kappa shape index (κ1) is 10.1. The quantitative estimate of drug-likeness (QED) is 0.764. The second kappa shape index (κ2) is 4.09. The van der Waals surface area contributed by atoms with E-state index in [4.69, 9.17) is 9.47 Å². The van der Waals surface area contributed by atoms with Gasteiger partial charge in [-0.3, -0.25) is 4.68 Å². The van der Waals surface area contributed by atoms with Gasteiger partial charge in [-0.2, -0.15) is 0 Å². The maximum atomic E-state index is 5.84. The third-order valence-electron chi connectivity index (χ3n) is 3.10. The summed E-state index contributed by atoms with van der Waals surface area (Å²) in [5.74, 6) is 0.835. The van der Waals surface area contributed by atoms with Gasteiger partial charge in [0.05, 0.1) is 19.3 Å². The smallest absolute Gasteiger partial charge is 0.236 e. The molecule has 0 radical (unpaired) electrons. The van der Waals surface area contributed by atoms with E-state index in [1.807, 2.05) is 0 Å². The molecule has 0 N–H and O–H groups in total. The van der Waals surface area contributed by atoms with Crippen LogP contribution in [0.25, 0.3) is 0 Å². The lowest BCUT2D eigenvalue weighted by Crippen LogP contribution is -2.38. The van der Waals surface area contributed by atoms with Gasteiger partial charge in [0.1, 0.15) is 6.10 Å². The van der Waals surface area contributed by atoms with Crippen LogP contribution >= 0.6 is 0 Å². The Morgan fingerprint density at radius 2 is 2.31 bits per heavy atom. The van der Waals surface area contributed by atoms with Crippen molar-refractivity contribution in [3.63, 3.8) is 0 Å². The molecule has 2 aliphatic rings. The molecule has 0 bridgehead atoms. The Kier molecular flexibility index (Phi) is 2.59. The largest absolute Gasteiger partial charge is 0.468 e. The van der Waals surface area contributed by atoms with Crippen LogP contribution in [0, 0.1) is 0 Å². The van der Waals surface area contributed by atoms with Gasteiger partial charge in [-0.15, -0.1) is 5.10 Å². The second-order valence-corrected chi connectivity index (χ2v) is 4.70. The Bertz CT molecular complexity index is 367. The Morgan fingerprint density at radius 3 is 2.88 bits per heavy atom. The highest BCUT2D eigenvalue weighted by Crippen LogP contribution is 2.36. The van der Waals surface area contributed by atoms with E-state index in [9.17, 15) is 0 Å². The zero-order valence-electron chi connectivity index (χ0n) is 9.69. The van der Waals surface area contributed by atoms with Crippen molar-refractivity contribution >= 4 is 0 Å². The molecule has 3 rings (SSSR count).